The van der Waals surface area contributed by atoms with Crippen molar-refractivity contribution in [1.29, 1.82) is 0 Å². The van der Waals surface area contributed by atoms with Crippen LogP contribution in [0.4, 0.5) is 21.0 Å². The lowest BCUT2D eigenvalue weighted by Crippen LogP contribution is -2.48. The van der Waals surface area contributed by atoms with Crippen LogP contribution in [-0.4, -0.2) is 49.8 Å². The monoisotopic (exact) mass is 534 g/mol. The van der Waals surface area contributed by atoms with Gasteiger partial charge in [0.2, 0.25) is 0 Å². The molecule has 1 aliphatic heterocycles. The van der Waals surface area contributed by atoms with Crippen LogP contribution < -0.4 is 16.0 Å². The van der Waals surface area contributed by atoms with E-state index in [2.05, 4.69) is 16.0 Å². The Morgan fingerprint density at radius 3 is 2.44 bits per heavy atom. The van der Waals surface area contributed by atoms with Crippen molar-refractivity contribution in [3.8, 4) is 0 Å². The van der Waals surface area contributed by atoms with Gasteiger partial charge in [0.1, 0.15) is 6.61 Å². The minimum Gasteiger partial charge on any atom is -0.460 e. The van der Waals surface area contributed by atoms with Gasteiger partial charge in [-0.1, -0.05) is 48.3 Å². The molecule has 192 valence electrons. The number of hydrogen-bond donors (Lipinski definition) is 3. The number of halogens is 2. The molecule has 3 N–H and O–H groups in total. The Balaban J connectivity index is 1.87. The van der Waals surface area contributed by atoms with Crippen molar-refractivity contribution >= 4 is 52.6 Å². The zero-order valence-electron chi connectivity index (χ0n) is 20.2. The second-order valence-corrected chi connectivity index (χ2v) is 8.78. The summed E-state index contributed by atoms with van der Waals surface area (Å²) in [4.78, 5) is 40.0. The molecule has 0 aliphatic carbocycles. The van der Waals surface area contributed by atoms with E-state index in [1.165, 1.54) is 12.0 Å². The quantitative estimate of drug-likeness (QED) is 0.287. The molecule has 0 aromatic heterocycles. The van der Waals surface area contributed by atoms with E-state index in [4.69, 9.17) is 32.7 Å². The van der Waals surface area contributed by atoms with E-state index in [-0.39, 0.29) is 24.9 Å². The molecular weight excluding hydrogens is 507 g/mol. The Morgan fingerprint density at radius 2 is 1.78 bits per heavy atom. The van der Waals surface area contributed by atoms with Gasteiger partial charge in [-0.2, -0.15) is 0 Å². The number of anilines is 2. The second kappa shape index (κ2) is 12.6. The van der Waals surface area contributed by atoms with E-state index in [9.17, 15) is 14.4 Å². The first-order valence-electron chi connectivity index (χ1n) is 11.3. The fourth-order valence-electron chi connectivity index (χ4n) is 3.77. The molecule has 3 rings (SSSR count). The van der Waals surface area contributed by atoms with Crippen molar-refractivity contribution in [1.82, 2.24) is 10.2 Å². The first kappa shape index (κ1) is 27.3. The first-order valence-corrected chi connectivity index (χ1v) is 12.1. The molecule has 0 radical (unpaired) electrons. The minimum atomic E-state index is -0.775. The molecule has 0 bridgehead atoms. The van der Waals surface area contributed by atoms with E-state index >= 15 is 0 Å². The summed E-state index contributed by atoms with van der Waals surface area (Å²) < 4.78 is 10.4. The SMILES string of the molecule is CCCN1C(=O)NC(c2cccc(NC(=O)Nc3c(Cl)cccc3Cl)c2)C(C(=O)OCCOC)=C1C. The van der Waals surface area contributed by atoms with Crippen LogP contribution in [0.15, 0.2) is 53.7 Å². The molecule has 36 heavy (non-hydrogen) atoms. The maximum absolute atomic E-state index is 13.0. The summed E-state index contributed by atoms with van der Waals surface area (Å²) in [5.41, 5.74) is 2.13. The standard InChI is InChI=1S/C25H28Cl2N4O5/c1-4-11-31-15(2)20(23(32)36-13-12-35-3)21(30-25(31)34)16-7-5-8-17(14-16)28-24(33)29-22-18(26)9-6-10-19(22)27/h5-10,14,21H,4,11-13H2,1-3H3,(H,30,34)(H2,28,29,33). The highest BCUT2D eigenvalue weighted by atomic mass is 35.5. The molecule has 0 saturated carbocycles. The summed E-state index contributed by atoms with van der Waals surface area (Å²) >= 11 is 12.3. The molecule has 2 aromatic carbocycles. The number of rotatable bonds is 9. The number of nitrogens with zero attached hydrogens (tertiary/aromatic N) is 1. The third kappa shape index (κ3) is 6.48. The maximum Gasteiger partial charge on any atom is 0.338 e. The van der Waals surface area contributed by atoms with Crippen LogP contribution in [0.2, 0.25) is 10.0 Å². The van der Waals surface area contributed by atoms with Crippen molar-refractivity contribution < 1.29 is 23.9 Å². The van der Waals surface area contributed by atoms with E-state index in [0.29, 0.717) is 45.5 Å². The summed E-state index contributed by atoms with van der Waals surface area (Å²) in [6.07, 6.45) is 0.714. The molecule has 1 atom stereocenters. The summed E-state index contributed by atoms with van der Waals surface area (Å²) in [6, 6.07) is 10.0. The highest BCUT2D eigenvalue weighted by Gasteiger charge is 2.36. The molecular formula is C25H28Cl2N4O5. The number of ether oxygens (including phenoxy) is 2. The molecule has 0 fully saturated rings. The van der Waals surface area contributed by atoms with Crippen LogP contribution in [0.5, 0.6) is 0 Å². The summed E-state index contributed by atoms with van der Waals surface area (Å²) in [5.74, 6) is -0.555. The van der Waals surface area contributed by atoms with Crippen molar-refractivity contribution in [3.63, 3.8) is 0 Å². The van der Waals surface area contributed by atoms with Crippen LogP contribution in [-0.2, 0) is 14.3 Å². The lowest BCUT2D eigenvalue weighted by atomic mass is 9.94. The van der Waals surface area contributed by atoms with Crippen LogP contribution in [0.25, 0.3) is 0 Å². The number of hydrogen-bond acceptors (Lipinski definition) is 5. The van der Waals surface area contributed by atoms with Gasteiger partial charge in [-0.15, -0.1) is 0 Å². The highest BCUT2D eigenvalue weighted by Crippen LogP contribution is 2.33. The van der Waals surface area contributed by atoms with Gasteiger partial charge in [-0.3, -0.25) is 4.90 Å². The molecule has 2 aromatic rings. The van der Waals surface area contributed by atoms with Gasteiger partial charge in [0, 0.05) is 25.0 Å². The predicted octanol–water partition coefficient (Wildman–Crippen LogP) is 5.58. The van der Waals surface area contributed by atoms with Crippen LogP contribution in [0.1, 0.15) is 31.9 Å². The van der Waals surface area contributed by atoms with Gasteiger partial charge < -0.3 is 25.4 Å². The first-order chi connectivity index (χ1) is 17.3. The molecule has 1 aliphatic rings. The van der Waals surface area contributed by atoms with E-state index in [0.717, 1.165) is 0 Å². The van der Waals surface area contributed by atoms with E-state index < -0.39 is 18.0 Å². The number of para-hydroxylation sites is 1. The normalized spacial score (nSPS) is 15.4. The Bertz CT molecular complexity index is 1150. The number of benzene rings is 2. The molecule has 4 amide bonds. The Labute approximate surface area is 219 Å². The molecule has 0 saturated heterocycles. The van der Waals surface area contributed by atoms with Gasteiger partial charge in [0.15, 0.2) is 0 Å². The Morgan fingerprint density at radius 1 is 1.08 bits per heavy atom. The number of amides is 4. The average molecular weight is 535 g/mol. The van der Waals surface area contributed by atoms with Crippen LogP contribution in [0, 0.1) is 0 Å². The van der Waals surface area contributed by atoms with Gasteiger partial charge in [-0.05, 0) is 43.2 Å². The van der Waals surface area contributed by atoms with Crippen molar-refractivity contribution in [2.24, 2.45) is 0 Å². The third-order valence-electron chi connectivity index (χ3n) is 5.46. The lowest BCUT2D eigenvalue weighted by molar-refractivity contribution is -0.140. The zero-order valence-corrected chi connectivity index (χ0v) is 21.7. The maximum atomic E-state index is 13.0. The molecule has 1 heterocycles. The third-order valence-corrected chi connectivity index (χ3v) is 6.09. The van der Waals surface area contributed by atoms with Crippen molar-refractivity contribution in [2.45, 2.75) is 26.3 Å². The Hall–Kier alpha value is -3.27. The summed E-state index contributed by atoms with van der Waals surface area (Å²) in [6.45, 7) is 4.44. The lowest BCUT2D eigenvalue weighted by Gasteiger charge is -2.35. The number of carbonyl (C=O) groups excluding carboxylic acids is 3. The smallest absolute Gasteiger partial charge is 0.338 e. The number of allylic oxidation sites excluding steroid dienone is 1. The fraction of sp³-hybridized carbons (Fsp3) is 0.320. The molecule has 1 unspecified atom stereocenters. The van der Waals surface area contributed by atoms with Crippen LogP contribution in [0.3, 0.4) is 0 Å². The topological polar surface area (TPSA) is 109 Å². The largest absolute Gasteiger partial charge is 0.460 e. The van der Waals surface area contributed by atoms with Gasteiger partial charge in [0.05, 0.1) is 34.0 Å². The Kier molecular flexibility index (Phi) is 9.58. The highest BCUT2D eigenvalue weighted by molar-refractivity contribution is 6.39. The van der Waals surface area contributed by atoms with Gasteiger partial charge in [0.25, 0.3) is 0 Å². The zero-order chi connectivity index (χ0) is 26.2. The van der Waals surface area contributed by atoms with Gasteiger partial charge >= 0.3 is 18.0 Å². The van der Waals surface area contributed by atoms with Crippen molar-refractivity contribution in [2.75, 3.05) is 37.5 Å². The molecule has 11 heteroatoms. The van der Waals surface area contributed by atoms with E-state index in [1.54, 1.807) is 49.4 Å². The summed E-state index contributed by atoms with van der Waals surface area (Å²) in [5, 5.41) is 8.83. The average Bonchev–Trinajstić information content (AvgIpc) is 2.84. The fourth-order valence-corrected chi connectivity index (χ4v) is 4.27. The molecule has 0 spiro atoms. The molecule has 9 nitrogen and oxygen atoms in total. The number of methoxy groups -OCH3 is 1. The number of carbonyl (C=O) groups is 3. The minimum absolute atomic E-state index is 0.0763. The number of nitrogens with one attached hydrogen (secondary N) is 3. The van der Waals surface area contributed by atoms with Crippen molar-refractivity contribution in [3.05, 3.63) is 69.3 Å². The van der Waals surface area contributed by atoms with Crippen LogP contribution >= 0.6 is 23.2 Å². The number of urea groups is 2. The van der Waals surface area contributed by atoms with Gasteiger partial charge in [-0.25, -0.2) is 14.4 Å². The predicted molar refractivity (Wildman–Crippen MR) is 139 cm³/mol. The van der Waals surface area contributed by atoms with E-state index in [1.807, 2.05) is 6.92 Å². The number of esters is 1. The summed E-state index contributed by atoms with van der Waals surface area (Å²) in [7, 11) is 1.51. The second-order valence-electron chi connectivity index (χ2n) is 7.96.